The average molecular weight is 256 g/mol. The van der Waals surface area contributed by atoms with Gasteiger partial charge in [-0.05, 0) is 11.5 Å². The van der Waals surface area contributed by atoms with Gasteiger partial charge in [0.05, 0.1) is 11.2 Å². The fourth-order valence-corrected chi connectivity index (χ4v) is 3.65. The van der Waals surface area contributed by atoms with E-state index in [2.05, 4.69) is 0 Å². The van der Waals surface area contributed by atoms with Crippen LogP contribution in [0, 0.1) is 0 Å². The summed E-state index contributed by atoms with van der Waals surface area (Å²) in [4.78, 5) is 0. The van der Waals surface area contributed by atoms with Crippen LogP contribution in [-0.2, 0) is 0 Å². The SMILES string of the molecule is CCSC(SCC)[C@@H](O)[C@@H](O)[C@H](O)CO. The Morgan fingerprint density at radius 1 is 0.933 bits per heavy atom. The molecule has 0 spiro atoms. The van der Waals surface area contributed by atoms with E-state index >= 15 is 0 Å². The number of thioether (sulfide) groups is 2. The summed E-state index contributed by atoms with van der Waals surface area (Å²) < 4.78 is -0.170. The third-order valence-corrected chi connectivity index (χ3v) is 4.57. The number of hydrogen-bond donors (Lipinski definition) is 4. The molecule has 92 valence electrons. The lowest BCUT2D eigenvalue weighted by molar-refractivity contribution is -0.0706. The van der Waals surface area contributed by atoms with E-state index in [1.54, 1.807) is 0 Å². The highest BCUT2D eigenvalue weighted by Crippen LogP contribution is 2.28. The molecule has 0 heterocycles. The molecule has 4 N–H and O–H groups in total. The molecule has 0 aromatic rings. The molecule has 0 aromatic carbocycles. The minimum Gasteiger partial charge on any atom is -0.394 e. The van der Waals surface area contributed by atoms with Crippen LogP contribution in [0.3, 0.4) is 0 Å². The first-order valence-electron chi connectivity index (χ1n) is 4.96. The van der Waals surface area contributed by atoms with Gasteiger partial charge in [0.2, 0.25) is 0 Å². The zero-order valence-electron chi connectivity index (χ0n) is 9.04. The number of rotatable bonds is 8. The predicted octanol–water partition coefficient (Wildman–Crippen LogP) is -0.106. The Kier molecular flexibility index (Phi) is 8.98. The summed E-state index contributed by atoms with van der Waals surface area (Å²) in [6.45, 7) is 3.39. The normalized spacial score (nSPS) is 17.8. The number of aliphatic hydroxyl groups excluding tert-OH is 4. The highest BCUT2D eigenvalue weighted by molar-refractivity contribution is 8.17. The summed E-state index contributed by atoms with van der Waals surface area (Å²) in [6.07, 6.45) is -3.60. The molecule has 6 heteroatoms. The van der Waals surface area contributed by atoms with Crippen molar-refractivity contribution in [1.82, 2.24) is 0 Å². The summed E-state index contributed by atoms with van der Waals surface area (Å²) in [5.41, 5.74) is 0. The summed E-state index contributed by atoms with van der Waals surface area (Å²) in [7, 11) is 0. The van der Waals surface area contributed by atoms with Crippen molar-refractivity contribution in [3.05, 3.63) is 0 Å². The molecule has 15 heavy (non-hydrogen) atoms. The predicted molar refractivity (Wildman–Crippen MR) is 65.2 cm³/mol. The van der Waals surface area contributed by atoms with Crippen molar-refractivity contribution >= 4 is 23.5 Å². The van der Waals surface area contributed by atoms with Crippen LogP contribution < -0.4 is 0 Å². The maximum absolute atomic E-state index is 9.78. The third-order valence-electron chi connectivity index (χ3n) is 1.87. The fraction of sp³-hybridized carbons (Fsp3) is 1.00. The maximum Gasteiger partial charge on any atom is 0.110 e. The van der Waals surface area contributed by atoms with Crippen molar-refractivity contribution in [2.45, 2.75) is 36.7 Å². The minimum absolute atomic E-state index is 0.170. The largest absolute Gasteiger partial charge is 0.394 e. The van der Waals surface area contributed by atoms with Crippen molar-refractivity contribution < 1.29 is 20.4 Å². The average Bonchev–Trinajstić information content (AvgIpc) is 2.25. The Morgan fingerprint density at radius 3 is 1.73 bits per heavy atom. The van der Waals surface area contributed by atoms with Gasteiger partial charge in [-0.25, -0.2) is 0 Å². The van der Waals surface area contributed by atoms with Gasteiger partial charge in [0, 0.05) is 0 Å². The van der Waals surface area contributed by atoms with Gasteiger partial charge in [0.1, 0.15) is 18.3 Å². The van der Waals surface area contributed by atoms with E-state index < -0.39 is 24.9 Å². The van der Waals surface area contributed by atoms with Gasteiger partial charge in [-0.15, -0.1) is 23.5 Å². The van der Waals surface area contributed by atoms with Crippen molar-refractivity contribution in [1.29, 1.82) is 0 Å². The molecule has 0 saturated carbocycles. The molecule has 0 saturated heterocycles. The summed E-state index contributed by atoms with van der Waals surface area (Å²) >= 11 is 3.05. The van der Waals surface area contributed by atoms with E-state index in [4.69, 9.17) is 5.11 Å². The first kappa shape index (κ1) is 15.5. The molecule has 0 unspecified atom stereocenters. The van der Waals surface area contributed by atoms with Crippen molar-refractivity contribution in [3.63, 3.8) is 0 Å². The van der Waals surface area contributed by atoms with Crippen LogP contribution in [0.2, 0.25) is 0 Å². The molecule has 0 amide bonds. The molecule has 0 aromatic heterocycles. The van der Waals surface area contributed by atoms with E-state index in [9.17, 15) is 15.3 Å². The van der Waals surface area contributed by atoms with E-state index in [1.807, 2.05) is 13.8 Å². The number of aliphatic hydroxyl groups is 4. The van der Waals surface area contributed by atoms with Gasteiger partial charge >= 0.3 is 0 Å². The van der Waals surface area contributed by atoms with Crippen LogP contribution in [0.5, 0.6) is 0 Å². The van der Waals surface area contributed by atoms with Gasteiger partial charge in [-0.3, -0.25) is 0 Å². The molecule has 0 aliphatic carbocycles. The van der Waals surface area contributed by atoms with E-state index in [0.29, 0.717) is 0 Å². The summed E-state index contributed by atoms with van der Waals surface area (Å²) in [5.74, 6) is 1.66. The molecule has 0 bridgehead atoms. The quantitative estimate of drug-likeness (QED) is 0.454. The van der Waals surface area contributed by atoms with Crippen molar-refractivity contribution in [2.24, 2.45) is 0 Å². The highest BCUT2D eigenvalue weighted by Gasteiger charge is 2.30. The Balaban J connectivity index is 4.26. The van der Waals surface area contributed by atoms with E-state index in [0.717, 1.165) is 11.5 Å². The van der Waals surface area contributed by atoms with Crippen LogP contribution >= 0.6 is 23.5 Å². The zero-order valence-corrected chi connectivity index (χ0v) is 10.7. The molecule has 3 atom stereocenters. The second kappa shape index (κ2) is 8.66. The van der Waals surface area contributed by atoms with Crippen LogP contribution in [0.4, 0.5) is 0 Å². The minimum atomic E-state index is -1.29. The van der Waals surface area contributed by atoms with E-state index in [1.165, 1.54) is 23.5 Å². The second-order valence-corrected chi connectivity index (χ2v) is 6.15. The Morgan fingerprint density at radius 2 is 1.40 bits per heavy atom. The van der Waals surface area contributed by atoms with Gasteiger partial charge < -0.3 is 20.4 Å². The molecule has 0 rings (SSSR count). The molecule has 0 radical (unpaired) electrons. The molecule has 0 aliphatic rings. The first-order chi connectivity index (χ1) is 7.08. The Bertz CT molecular complexity index is 153. The van der Waals surface area contributed by atoms with Gasteiger partial charge in [0.15, 0.2) is 0 Å². The second-order valence-electron chi connectivity index (χ2n) is 3.01. The molecule has 0 aliphatic heterocycles. The Hall–Kier alpha value is 0.540. The maximum atomic E-state index is 9.78. The monoisotopic (exact) mass is 256 g/mol. The molecular formula is C9H20O4S2. The lowest BCUT2D eigenvalue weighted by Crippen LogP contribution is -2.44. The lowest BCUT2D eigenvalue weighted by Gasteiger charge is -2.27. The Labute approximate surface area is 99.1 Å². The first-order valence-corrected chi connectivity index (χ1v) is 7.06. The smallest absolute Gasteiger partial charge is 0.110 e. The van der Waals surface area contributed by atoms with E-state index in [-0.39, 0.29) is 4.58 Å². The summed E-state index contributed by atoms with van der Waals surface area (Å²) in [5, 5.41) is 37.2. The molecule has 0 fully saturated rings. The number of hydrogen-bond acceptors (Lipinski definition) is 6. The van der Waals surface area contributed by atoms with Crippen molar-refractivity contribution in [3.8, 4) is 0 Å². The topological polar surface area (TPSA) is 80.9 Å². The lowest BCUT2D eigenvalue weighted by atomic mass is 10.1. The van der Waals surface area contributed by atoms with Crippen LogP contribution in [0.1, 0.15) is 13.8 Å². The highest BCUT2D eigenvalue weighted by atomic mass is 32.2. The fourth-order valence-electron chi connectivity index (χ4n) is 1.07. The van der Waals surface area contributed by atoms with Gasteiger partial charge in [-0.2, -0.15) is 0 Å². The van der Waals surface area contributed by atoms with Crippen LogP contribution in [0.15, 0.2) is 0 Å². The summed E-state index contributed by atoms with van der Waals surface area (Å²) in [6, 6.07) is 0. The molecule has 4 nitrogen and oxygen atoms in total. The molecular weight excluding hydrogens is 236 g/mol. The zero-order chi connectivity index (χ0) is 11.8. The van der Waals surface area contributed by atoms with Crippen molar-refractivity contribution in [2.75, 3.05) is 18.1 Å². The van der Waals surface area contributed by atoms with Crippen LogP contribution in [0.25, 0.3) is 0 Å². The third kappa shape index (κ3) is 5.42. The van der Waals surface area contributed by atoms with Gasteiger partial charge in [0.25, 0.3) is 0 Å². The van der Waals surface area contributed by atoms with Crippen LogP contribution in [-0.4, -0.2) is 61.4 Å². The van der Waals surface area contributed by atoms with Gasteiger partial charge in [-0.1, -0.05) is 13.8 Å². The standard InChI is InChI=1S/C9H20O4S2/c1-3-14-9(15-4-2)8(13)7(12)6(11)5-10/h6-13H,3-5H2,1-2H3/t6-,7+,8+/m1/s1.